The molecule has 0 fully saturated rings. The van der Waals surface area contributed by atoms with E-state index in [2.05, 4.69) is 15.2 Å². The van der Waals surface area contributed by atoms with Crippen LogP contribution < -0.4 is 0 Å². The van der Waals surface area contributed by atoms with Gasteiger partial charge in [0.25, 0.3) is 0 Å². The number of rotatable bonds is 3. The number of aryl methyl sites for hydroxylation is 1. The summed E-state index contributed by atoms with van der Waals surface area (Å²) in [5.41, 5.74) is 1.18. The molecule has 1 heterocycles. The Morgan fingerprint density at radius 3 is 3.00 bits per heavy atom. The highest BCUT2D eigenvalue weighted by molar-refractivity contribution is 7.98. The Bertz CT molecular complexity index is 455. The quantitative estimate of drug-likeness (QED) is 0.837. The third kappa shape index (κ3) is 2.97. The highest BCUT2D eigenvalue weighted by atomic mass is 35.5. The molecule has 0 aliphatic carbocycles. The summed E-state index contributed by atoms with van der Waals surface area (Å²) in [5, 5.41) is 8.39. The monoisotopic (exact) mass is 239 g/mol. The number of H-pyrrole nitrogens is 1. The summed E-state index contributed by atoms with van der Waals surface area (Å²) < 4.78 is 0. The van der Waals surface area contributed by atoms with E-state index >= 15 is 0 Å². The van der Waals surface area contributed by atoms with Crippen LogP contribution in [0, 0.1) is 6.92 Å². The molecule has 2 rings (SSSR count). The molecule has 0 radical (unpaired) electrons. The molecule has 0 saturated carbocycles. The normalized spacial score (nSPS) is 10.5. The van der Waals surface area contributed by atoms with Gasteiger partial charge in [0.05, 0.1) is 0 Å². The van der Waals surface area contributed by atoms with Crippen LogP contribution in [0.25, 0.3) is 0 Å². The number of hydrogen-bond donors (Lipinski definition) is 1. The molecule has 1 aromatic heterocycles. The number of halogens is 1. The largest absolute Gasteiger partial charge is 0.262 e. The van der Waals surface area contributed by atoms with Crippen LogP contribution in [0.5, 0.6) is 0 Å². The average molecular weight is 240 g/mol. The van der Waals surface area contributed by atoms with Crippen molar-refractivity contribution in [3.05, 3.63) is 40.7 Å². The maximum absolute atomic E-state index is 5.88. The van der Waals surface area contributed by atoms with Gasteiger partial charge in [-0.1, -0.05) is 35.5 Å². The number of nitrogens with one attached hydrogen (secondary N) is 1. The predicted molar refractivity (Wildman–Crippen MR) is 62.1 cm³/mol. The summed E-state index contributed by atoms with van der Waals surface area (Å²) in [6.07, 6.45) is 0. The first kappa shape index (κ1) is 10.5. The van der Waals surface area contributed by atoms with Gasteiger partial charge in [-0.3, -0.25) is 5.10 Å². The highest BCUT2D eigenvalue weighted by Gasteiger charge is 2.01. The van der Waals surface area contributed by atoms with Crippen molar-refractivity contribution < 1.29 is 0 Å². The van der Waals surface area contributed by atoms with Crippen molar-refractivity contribution in [1.29, 1.82) is 0 Å². The molecule has 0 bridgehead atoms. The van der Waals surface area contributed by atoms with Crippen molar-refractivity contribution in [2.45, 2.75) is 17.8 Å². The fraction of sp³-hybridized carbons (Fsp3) is 0.200. The van der Waals surface area contributed by atoms with Crippen molar-refractivity contribution >= 4 is 23.4 Å². The van der Waals surface area contributed by atoms with E-state index < -0.39 is 0 Å². The van der Waals surface area contributed by atoms with Crippen LogP contribution in [0.3, 0.4) is 0 Å². The van der Waals surface area contributed by atoms with Gasteiger partial charge in [0.2, 0.25) is 5.16 Å². The summed E-state index contributed by atoms with van der Waals surface area (Å²) in [5.74, 6) is 1.67. The van der Waals surface area contributed by atoms with Gasteiger partial charge < -0.3 is 0 Å². The minimum atomic E-state index is 0.763. The molecule has 0 aliphatic rings. The molecule has 0 spiro atoms. The minimum Gasteiger partial charge on any atom is -0.262 e. The lowest BCUT2D eigenvalue weighted by molar-refractivity contribution is 0.969. The van der Waals surface area contributed by atoms with Crippen LogP contribution in [-0.2, 0) is 5.75 Å². The summed E-state index contributed by atoms with van der Waals surface area (Å²) in [4.78, 5) is 4.21. The van der Waals surface area contributed by atoms with E-state index in [1.165, 1.54) is 5.56 Å². The molecule has 2 aromatic rings. The summed E-state index contributed by atoms with van der Waals surface area (Å²) in [7, 11) is 0. The Kier molecular flexibility index (Phi) is 3.28. The standard InChI is InChI=1S/C10H10ClN3S/c1-7-12-10(14-13-7)15-6-8-3-2-4-9(11)5-8/h2-5H,6H2,1H3,(H,12,13,14). The summed E-state index contributed by atoms with van der Waals surface area (Å²) >= 11 is 7.47. The molecule has 0 atom stereocenters. The Labute approximate surface area is 97.3 Å². The summed E-state index contributed by atoms with van der Waals surface area (Å²) in [6.45, 7) is 1.89. The molecule has 78 valence electrons. The van der Waals surface area contributed by atoms with E-state index in [4.69, 9.17) is 11.6 Å². The SMILES string of the molecule is Cc1nc(SCc2cccc(Cl)c2)n[nH]1. The van der Waals surface area contributed by atoms with E-state index in [0.717, 1.165) is 21.8 Å². The van der Waals surface area contributed by atoms with Crippen LogP contribution in [0.2, 0.25) is 5.02 Å². The zero-order valence-electron chi connectivity index (χ0n) is 8.20. The third-order valence-electron chi connectivity index (χ3n) is 1.83. The van der Waals surface area contributed by atoms with Gasteiger partial charge in [-0.05, 0) is 24.6 Å². The van der Waals surface area contributed by atoms with E-state index in [-0.39, 0.29) is 0 Å². The Morgan fingerprint density at radius 1 is 1.47 bits per heavy atom. The molecule has 3 nitrogen and oxygen atoms in total. The molecular weight excluding hydrogens is 230 g/mol. The molecule has 0 aliphatic heterocycles. The number of nitrogens with zero attached hydrogens (tertiary/aromatic N) is 2. The number of benzene rings is 1. The molecular formula is C10H10ClN3S. The molecule has 1 aromatic carbocycles. The van der Waals surface area contributed by atoms with Gasteiger partial charge in [-0.15, -0.1) is 5.10 Å². The van der Waals surface area contributed by atoms with Gasteiger partial charge in [0.15, 0.2) is 0 Å². The molecule has 0 unspecified atom stereocenters. The zero-order chi connectivity index (χ0) is 10.7. The number of thioether (sulfide) groups is 1. The van der Waals surface area contributed by atoms with Gasteiger partial charge in [-0.25, -0.2) is 4.98 Å². The van der Waals surface area contributed by atoms with Gasteiger partial charge in [0, 0.05) is 10.8 Å². The molecule has 15 heavy (non-hydrogen) atoms. The Balaban J connectivity index is 1.99. The van der Waals surface area contributed by atoms with Crippen molar-refractivity contribution in [3.63, 3.8) is 0 Å². The van der Waals surface area contributed by atoms with Crippen molar-refractivity contribution in [3.8, 4) is 0 Å². The smallest absolute Gasteiger partial charge is 0.208 e. The first-order valence-electron chi connectivity index (χ1n) is 4.50. The fourth-order valence-corrected chi connectivity index (χ4v) is 2.16. The van der Waals surface area contributed by atoms with E-state index in [1.54, 1.807) is 11.8 Å². The van der Waals surface area contributed by atoms with Gasteiger partial charge in [-0.2, -0.15) is 0 Å². The van der Waals surface area contributed by atoms with Crippen LogP contribution in [0.15, 0.2) is 29.4 Å². The lowest BCUT2D eigenvalue weighted by Gasteiger charge is -1.98. The Morgan fingerprint density at radius 2 is 2.33 bits per heavy atom. The van der Waals surface area contributed by atoms with Crippen molar-refractivity contribution in [1.82, 2.24) is 15.2 Å². The third-order valence-corrected chi connectivity index (χ3v) is 2.99. The number of aromatic amines is 1. The highest BCUT2D eigenvalue weighted by Crippen LogP contribution is 2.20. The maximum atomic E-state index is 5.88. The zero-order valence-corrected chi connectivity index (χ0v) is 9.77. The minimum absolute atomic E-state index is 0.763. The van der Waals surface area contributed by atoms with Gasteiger partial charge in [0.1, 0.15) is 5.82 Å². The molecule has 0 amide bonds. The number of aromatic nitrogens is 3. The van der Waals surface area contributed by atoms with Crippen LogP contribution in [-0.4, -0.2) is 15.2 Å². The van der Waals surface area contributed by atoms with Crippen LogP contribution >= 0.6 is 23.4 Å². The number of hydrogen-bond acceptors (Lipinski definition) is 3. The second-order valence-electron chi connectivity index (χ2n) is 3.12. The van der Waals surface area contributed by atoms with E-state index in [1.807, 2.05) is 31.2 Å². The van der Waals surface area contributed by atoms with Crippen LogP contribution in [0.1, 0.15) is 11.4 Å². The molecule has 1 N–H and O–H groups in total. The lowest BCUT2D eigenvalue weighted by Crippen LogP contribution is -1.81. The molecule has 5 heteroatoms. The fourth-order valence-electron chi connectivity index (χ4n) is 1.16. The maximum Gasteiger partial charge on any atom is 0.208 e. The predicted octanol–water partition coefficient (Wildman–Crippen LogP) is 3.06. The topological polar surface area (TPSA) is 41.6 Å². The first-order chi connectivity index (χ1) is 7.24. The summed E-state index contributed by atoms with van der Waals surface area (Å²) in [6, 6.07) is 7.81. The van der Waals surface area contributed by atoms with Crippen molar-refractivity contribution in [2.75, 3.05) is 0 Å². The van der Waals surface area contributed by atoms with Gasteiger partial charge >= 0.3 is 0 Å². The first-order valence-corrected chi connectivity index (χ1v) is 5.86. The van der Waals surface area contributed by atoms with E-state index in [0.29, 0.717) is 0 Å². The Hall–Kier alpha value is -1.00. The lowest BCUT2D eigenvalue weighted by atomic mass is 10.2. The second-order valence-corrected chi connectivity index (χ2v) is 4.50. The second kappa shape index (κ2) is 4.68. The van der Waals surface area contributed by atoms with Crippen LogP contribution in [0.4, 0.5) is 0 Å². The molecule has 0 saturated heterocycles. The average Bonchev–Trinajstić information content (AvgIpc) is 2.62. The van der Waals surface area contributed by atoms with E-state index in [9.17, 15) is 0 Å². The van der Waals surface area contributed by atoms with Crippen molar-refractivity contribution in [2.24, 2.45) is 0 Å².